The van der Waals surface area contributed by atoms with Gasteiger partial charge < -0.3 is 36.4 Å². The molecule has 4 rings (SSSR count). The van der Waals surface area contributed by atoms with Crippen LogP contribution in [0.1, 0.15) is 98.8 Å². The van der Waals surface area contributed by atoms with Gasteiger partial charge in [0.2, 0.25) is 17.7 Å². The van der Waals surface area contributed by atoms with E-state index in [-0.39, 0.29) is 41.0 Å². The van der Waals surface area contributed by atoms with E-state index in [0.29, 0.717) is 25.5 Å². The number of nitrogens with zero attached hydrogens (tertiary/aromatic N) is 1. The number of urea groups is 1. The number of piperidine rings is 1. The third-order valence-electron chi connectivity index (χ3n) is 11.5. The first kappa shape index (κ1) is 34.5. The van der Waals surface area contributed by atoms with Gasteiger partial charge in [0.25, 0.3) is 0 Å². The molecule has 3 saturated carbocycles. The number of carbonyl (C=O) groups excluding carboxylic acids is 4. The molecule has 1 saturated heterocycles. The first-order valence-electron chi connectivity index (χ1n) is 16.9. The molecule has 7 atom stereocenters. The maximum absolute atomic E-state index is 14.7. The Hall–Kier alpha value is -2.40. The number of amides is 5. The third-order valence-corrected chi connectivity index (χ3v) is 11.5. The second-order valence-corrected chi connectivity index (χ2v) is 15.1. The SMILES string of the molecule is COC[C@@H](NC(=O)NC(C(=O)N1CC2CC2(C(C)C)C1C(=O)NC(CC1CCC1)C(O)C(N)=O)C1(C)CCCCC1)C(C)C. The predicted octanol–water partition coefficient (Wildman–Crippen LogP) is 2.69. The number of ether oxygens (including phenoxy) is 1. The zero-order valence-corrected chi connectivity index (χ0v) is 27.7. The van der Waals surface area contributed by atoms with Crippen molar-refractivity contribution in [2.45, 2.75) is 129 Å². The summed E-state index contributed by atoms with van der Waals surface area (Å²) < 4.78 is 5.32. The van der Waals surface area contributed by atoms with Crippen LogP contribution in [-0.2, 0) is 19.1 Å². The maximum Gasteiger partial charge on any atom is 0.315 e. The molecule has 11 nitrogen and oxygen atoms in total. The Morgan fingerprint density at radius 2 is 1.64 bits per heavy atom. The van der Waals surface area contributed by atoms with Crippen molar-refractivity contribution in [3.63, 3.8) is 0 Å². The smallest absolute Gasteiger partial charge is 0.315 e. The quantitative estimate of drug-likeness (QED) is 0.201. The standard InChI is InChI=1S/C33H57N5O6/c1-19(2)24(18-44-6)36-31(43)37-26(32(5)13-8-7-9-14-32)30(42)38-17-22-16-33(22,20(3)4)27(38)29(41)35-23(25(39)28(34)40)15-21-11-10-12-21/h19-27,39H,7-18H2,1-6H3,(H2,34,40)(H,35,41)(H2,36,37,43)/t22?,23?,24-,25?,26?,27?,33?/m1/s1. The van der Waals surface area contributed by atoms with Gasteiger partial charge >= 0.3 is 6.03 Å². The summed E-state index contributed by atoms with van der Waals surface area (Å²) >= 11 is 0. The molecule has 11 heteroatoms. The lowest BCUT2D eigenvalue weighted by molar-refractivity contribution is -0.146. The Kier molecular flexibility index (Phi) is 10.9. The fourth-order valence-electron chi connectivity index (χ4n) is 8.28. The number of nitrogens with one attached hydrogen (secondary N) is 3. The van der Waals surface area contributed by atoms with Crippen molar-refractivity contribution >= 4 is 23.8 Å². The highest BCUT2D eigenvalue weighted by molar-refractivity contribution is 5.94. The molecule has 4 aliphatic rings. The van der Waals surface area contributed by atoms with Crippen molar-refractivity contribution in [2.24, 2.45) is 40.2 Å². The number of fused-ring (bicyclic) bond motifs is 1. The third kappa shape index (κ3) is 7.03. The monoisotopic (exact) mass is 619 g/mol. The number of hydrogen-bond donors (Lipinski definition) is 5. The molecule has 0 aromatic carbocycles. The number of aliphatic hydroxyl groups is 1. The minimum atomic E-state index is -1.50. The van der Waals surface area contributed by atoms with Crippen molar-refractivity contribution in [1.29, 1.82) is 0 Å². The maximum atomic E-state index is 14.7. The van der Waals surface area contributed by atoms with Gasteiger partial charge in [0.15, 0.2) is 6.10 Å². The molecule has 3 aliphatic carbocycles. The van der Waals surface area contributed by atoms with Gasteiger partial charge in [-0.1, -0.05) is 73.1 Å². The number of aliphatic hydroxyl groups excluding tert-OH is 1. The molecule has 0 radical (unpaired) electrons. The molecule has 5 amide bonds. The van der Waals surface area contributed by atoms with Gasteiger partial charge in [-0.15, -0.1) is 0 Å². The Morgan fingerprint density at radius 1 is 0.977 bits per heavy atom. The molecular formula is C33H57N5O6. The van der Waals surface area contributed by atoms with E-state index < -0.39 is 41.6 Å². The second kappa shape index (κ2) is 13.9. The molecule has 44 heavy (non-hydrogen) atoms. The summed E-state index contributed by atoms with van der Waals surface area (Å²) in [6, 6.07) is -3.02. The molecule has 1 aliphatic heterocycles. The zero-order valence-electron chi connectivity index (χ0n) is 27.7. The summed E-state index contributed by atoms with van der Waals surface area (Å²) in [6.07, 6.45) is 7.48. The minimum Gasteiger partial charge on any atom is -0.383 e. The van der Waals surface area contributed by atoms with E-state index in [9.17, 15) is 24.3 Å². The second-order valence-electron chi connectivity index (χ2n) is 15.1. The summed E-state index contributed by atoms with van der Waals surface area (Å²) in [7, 11) is 1.60. The molecule has 4 fully saturated rings. The average molecular weight is 620 g/mol. The van der Waals surface area contributed by atoms with Crippen molar-refractivity contribution < 1.29 is 29.0 Å². The Balaban J connectivity index is 1.61. The van der Waals surface area contributed by atoms with Gasteiger partial charge in [0.05, 0.1) is 18.7 Å². The van der Waals surface area contributed by atoms with Crippen LogP contribution in [0.5, 0.6) is 0 Å². The summed E-state index contributed by atoms with van der Waals surface area (Å²) in [5, 5.41) is 19.7. The van der Waals surface area contributed by atoms with Gasteiger partial charge in [0, 0.05) is 19.1 Å². The van der Waals surface area contributed by atoms with Crippen LogP contribution < -0.4 is 21.7 Å². The first-order valence-corrected chi connectivity index (χ1v) is 16.9. The average Bonchev–Trinajstić information content (AvgIpc) is 3.56. The number of primary amides is 1. The lowest BCUT2D eigenvalue weighted by atomic mass is 9.70. The van der Waals surface area contributed by atoms with Crippen LogP contribution in [0.4, 0.5) is 4.79 Å². The van der Waals surface area contributed by atoms with Gasteiger partial charge in [-0.3, -0.25) is 14.4 Å². The lowest BCUT2D eigenvalue weighted by Crippen LogP contribution is -2.64. The van der Waals surface area contributed by atoms with E-state index >= 15 is 0 Å². The largest absolute Gasteiger partial charge is 0.383 e. The van der Waals surface area contributed by atoms with Crippen LogP contribution in [0.25, 0.3) is 0 Å². The summed E-state index contributed by atoms with van der Waals surface area (Å²) in [5.41, 5.74) is 4.63. The van der Waals surface area contributed by atoms with Crippen LogP contribution in [0.2, 0.25) is 0 Å². The van der Waals surface area contributed by atoms with E-state index in [4.69, 9.17) is 10.5 Å². The molecule has 1 heterocycles. The predicted molar refractivity (Wildman–Crippen MR) is 167 cm³/mol. The Morgan fingerprint density at radius 3 is 2.16 bits per heavy atom. The highest BCUT2D eigenvalue weighted by atomic mass is 16.5. The van der Waals surface area contributed by atoms with Crippen molar-refractivity contribution in [1.82, 2.24) is 20.9 Å². The normalized spacial score (nSPS) is 28.8. The zero-order chi connectivity index (χ0) is 32.4. The topological polar surface area (TPSA) is 163 Å². The van der Waals surface area contributed by atoms with Crippen LogP contribution in [-0.4, -0.2) is 84.3 Å². The Labute approximate surface area is 263 Å². The van der Waals surface area contributed by atoms with E-state index in [2.05, 4.69) is 36.7 Å². The number of rotatable bonds is 14. The highest BCUT2D eigenvalue weighted by Gasteiger charge is 2.70. The van der Waals surface area contributed by atoms with Crippen molar-refractivity contribution in [2.75, 3.05) is 20.3 Å². The lowest BCUT2D eigenvalue weighted by Gasteiger charge is -2.44. The summed E-state index contributed by atoms with van der Waals surface area (Å²) in [4.78, 5) is 56.1. The van der Waals surface area contributed by atoms with Crippen LogP contribution >= 0.6 is 0 Å². The minimum absolute atomic E-state index is 0.132. The van der Waals surface area contributed by atoms with Crippen molar-refractivity contribution in [3.8, 4) is 0 Å². The van der Waals surface area contributed by atoms with Crippen LogP contribution in [0.15, 0.2) is 0 Å². The van der Waals surface area contributed by atoms with Gasteiger partial charge in [-0.2, -0.15) is 0 Å². The number of methoxy groups -OCH3 is 1. The highest BCUT2D eigenvalue weighted by Crippen LogP contribution is 2.66. The molecular weight excluding hydrogens is 562 g/mol. The number of carbonyl (C=O) groups is 4. The molecule has 0 aromatic heterocycles. The van der Waals surface area contributed by atoms with Crippen LogP contribution in [0.3, 0.4) is 0 Å². The molecule has 6 N–H and O–H groups in total. The fraction of sp³-hybridized carbons (Fsp3) is 0.879. The Bertz CT molecular complexity index is 1060. The first-order chi connectivity index (χ1) is 20.7. The van der Waals surface area contributed by atoms with Gasteiger partial charge in [-0.25, -0.2) is 4.79 Å². The van der Waals surface area contributed by atoms with Crippen molar-refractivity contribution in [3.05, 3.63) is 0 Å². The van der Waals surface area contributed by atoms with E-state index in [1.54, 1.807) is 12.0 Å². The van der Waals surface area contributed by atoms with E-state index in [0.717, 1.165) is 57.8 Å². The van der Waals surface area contributed by atoms with E-state index in [1.165, 1.54) is 0 Å². The van der Waals surface area contributed by atoms with Crippen LogP contribution in [0, 0.1) is 34.5 Å². The number of nitrogens with two attached hydrogens (primary N) is 1. The van der Waals surface area contributed by atoms with E-state index in [1.807, 2.05) is 13.8 Å². The fourth-order valence-corrected chi connectivity index (χ4v) is 8.28. The molecule has 6 unspecified atom stereocenters. The summed E-state index contributed by atoms with van der Waals surface area (Å²) in [6.45, 7) is 11.1. The molecule has 0 aromatic rings. The molecule has 250 valence electrons. The van der Waals surface area contributed by atoms with Gasteiger partial charge in [0.1, 0.15) is 12.1 Å². The molecule has 0 bridgehead atoms. The number of likely N-dealkylation sites (tertiary alicyclic amines) is 1. The summed E-state index contributed by atoms with van der Waals surface area (Å²) in [5.74, 6) is -0.708. The number of hydrogen-bond acceptors (Lipinski definition) is 6. The molecule has 0 spiro atoms. The van der Waals surface area contributed by atoms with Gasteiger partial charge in [-0.05, 0) is 54.8 Å².